The molecule has 1 aliphatic carbocycles. The van der Waals surface area contributed by atoms with Gasteiger partial charge in [-0.2, -0.15) is 0 Å². The van der Waals surface area contributed by atoms with Gasteiger partial charge >= 0.3 is 0 Å². The summed E-state index contributed by atoms with van der Waals surface area (Å²) in [6, 6.07) is 7.83. The highest BCUT2D eigenvalue weighted by atomic mass is 14.7. The van der Waals surface area contributed by atoms with Gasteiger partial charge in [0.15, 0.2) is 0 Å². The van der Waals surface area contributed by atoms with Gasteiger partial charge in [0.05, 0.1) is 5.84 Å². The Morgan fingerprint density at radius 2 is 1.31 bits per heavy atom. The third-order valence-corrected chi connectivity index (χ3v) is 5.45. The van der Waals surface area contributed by atoms with Gasteiger partial charge in [-0.1, -0.05) is 65.8 Å². The maximum atomic E-state index is 7.39. The van der Waals surface area contributed by atoms with E-state index >= 15 is 0 Å². The van der Waals surface area contributed by atoms with Gasteiger partial charge in [0, 0.05) is 11.5 Å². The zero-order chi connectivity index (χ0) is 20.1. The average Bonchev–Trinajstić information content (AvgIpc) is 2.54. The average molecular weight is 359 g/mol. The molecule has 4 heteroatoms. The van der Waals surface area contributed by atoms with Crippen molar-refractivity contribution in [1.29, 1.82) is 10.8 Å². The number of nitrogens with two attached hydrogens (primary N) is 2. The number of nitrogens with one attached hydrogen (secondary N) is 2. The highest BCUT2D eigenvalue weighted by molar-refractivity contribution is 5.94. The number of hydrogen-bond acceptors (Lipinski definition) is 2. The van der Waals surface area contributed by atoms with Crippen molar-refractivity contribution in [1.82, 2.24) is 0 Å². The molecule has 0 unspecified atom stereocenters. The Labute approximate surface area is 159 Å². The van der Waals surface area contributed by atoms with Crippen LogP contribution in [0.5, 0.6) is 0 Å². The second-order valence-corrected chi connectivity index (χ2v) is 9.61. The standard InChI is InChI=1S/C11H22N2.C11H16N2/c2*1-11(2,3)9-6-4-8(5-7-9)10(12)13/h8-9H,4-7H2,1-3H3,(H3,12,13);4-7H,1-3H3,(H3,12,13). The fourth-order valence-electron chi connectivity index (χ4n) is 3.42. The van der Waals surface area contributed by atoms with Crippen molar-refractivity contribution >= 4 is 11.7 Å². The first-order valence-corrected chi connectivity index (χ1v) is 9.61. The molecule has 0 radical (unpaired) electrons. The molecule has 1 aromatic rings. The van der Waals surface area contributed by atoms with E-state index in [-0.39, 0.29) is 11.3 Å². The van der Waals surface area contributed by atoms with E-state index in [4.69, 9.17) is 22.3 Å². The third-order valence-electron chi connectivity index (χ3n) is 5.45. The fraction of sp³-hybridized carbons (Fsp3) is 0.636. The Kier molecular flexibility index (Phi) is 7.43. The van der Waals surface area contributed by atoms with Crippen molar-refractivity contribution in [2.45, 2.75) is 72.6 Å². The molecule has 0 amide bonds. The number of amidine groups is 2. The molecule has 6 N–H and O–H groups in total. The van der Waals surface area contributed by atoms with Crippen molar-refractivity contribution in [3.8, 4) is 0 Å². The van der Waals surface area contributed by atoms with Crippen molar-refractivity contribution in [2.24, 2.45) is 28.7 Å². The van der Waals surface area contributed by atoms with Crippen LogP contribution in [-0.4, -0.2) is 11.7 Å². The molecule has 0 atom stereocenters. The largest absolute Gasteiger partial charge is 0.387 e. The molecule has 2 rings (SSSR count). The van der Waals surface area contributed by atoms with Gasteiger partial charge in [-0.15, -0.1) is 0 Å². The fourth-order valence-corrected chi connectivity index (χ4v) is 3.42. The summed E-state index contributed by atoms with van der Waals surface area (Å²) in [7, 11) is 0. The minimum atomic E-state index is 0.125. The molecule has 26 heavy (non-hydrogen) atoms. The van der Waals surface area contributed by atoms with Crippen LogP contribution in [0.2, 0.25) is 0 Å². The molecule has 1 aromatic carbocycles. The second kappa shape index (κ2) is 8.70. The van der Waals surface area contributed by atoms with Gasteiger partial charge < -0.3 is 11.5 Å². The molecule has 0 aromatic heterocycles. The minimum absolute atomic E-state index is 0.125. The van der Waals surface area contributed by atoms with Crippen LogP contribution in [0.15, 0.2) is 24.3 Å². The van der Waals surface area contributed by atoms with Crippen LogP contribution in [0, 0.1) is 28.1 Å². The van der Waals surface area contributed by atoms with Gasteiger partial charge in [0.1, 0.15) is 5.84 Å². The number of benzene rings is 1. The molecule has 1 saturated carbocycles. The highest BCUT2D eigenvalue weighted by Crippen LogP contribution is 2.39. The van der Waals surface area contributed by atoms with Gasteiger partial charge in [0.2, 0.25) is 0 Å². The lowest BCUT2D eigenvalue weighted by molar-refractivity contribution is 0.166. The summed E-state index contributed by atoms with van der Waals surface area (Å²) in [5, 5.41) is 14.6. The van der Waals surface area contributed by atoms with Crippen LogP contribution >= 0.6 is 0 Å². The topological polar surface area (TPSA) is 99.7 Å². The van der Waals surface area contributed by atoms with Crippen LogP contribution in [0.3, 0.4) is 0 Å². The second-order valence-electron chi connectivity index (χ2n) is 9.61. The zero-order valence-electron chi connectivity index (χ0n) is 17.4. The summed E-state index contributed by atoms with van der Waals surface area (Å²) in [6.45, 7) is 13.4. The molecular formula is C22H38N4. The van der Waals surface area contributed by atoms with Crippen LogP contribution in [0.25, 0.3) is 0 Å². The van der Waals surface area contributed by atoms with E-state index in [9.17, 15) is 0 Å². The molecule has 1 fully saturated rings. The first kappa shape index (κ1) is 22.2. The molecule has 0 aliphatic heterocycles. The molecule has 0 spiro atoms. The molecule has 146 valence electrons. The summed E-state index contributed by atoms with van der Waals surface area (Å²) in [5.74, 6) is 1.72. The molecule has 0 bridgehead atoms. The van der Waals surface area contributed by atoms with Crippen molar-refractivity contribution in [3.05, 3.63) is 35.4 Å². The first-order valence-electron chi connectivity index (χ1n) is 9.61. The van der Waals surface area contributed by atoms with Crippen molar-refractivity contribution in [2.75, 3.05) is 0 Å². The quantitative estimate of drug-likeness (QED) is 0.439. The van der Waals surface area contributed by atoms with E-state index in [1.54, 1.807) is 0 Å². The van der Waals surface area contributed by atoms with E-state index in [1.165, 1.54) is 18.4 Å². The van der Waals surface area contributed by atoms with E-state index in [0.29, 0.717) is 17.2 Å². The lowest BCUT2D eigenvalue weighted by atomic mass is 9.69. The Balaban J connectivity index is 0.000000260. The van der Waals surface area contributed by atoms with Crippen LogP contribution in [0.4, 0.5) is 0 Å². The summed E-state index contributed by atoms with van der Waals surface area (Å²) in [6.07, 6.45) is 4.73. The first-order chi connectivity index (χ1) is 11.8. The summed E-state index contributed by atoms with van der Waals surface area (Å²) < 4.78 is 0. The number of nitrogen functional groups attached to an aromatic ring is 1. The molecular weight excluding hydrogens is 320 g/mol. The van der Waals surface area contributed by atoms with E-state index < -0.39 is 0 Å². The monoisotopic (exact) mass is 358 g/mol. The Morgan fingerprint density at radius 3 is 1.62 bits per heavy atom. The Bertz CT molecular complexity index is 595. The zero-order valence-corrected chi connectivity index (χ0v) is 17.4. The number of hydrogen-bond donors (Lipinski definition) is 4. The third kappa shape index (κ3) is 6.81. The van der Waals surface area contributed by atoms with E-state index in [0.717, 1.165) is 24.3 Å². The van der Waals surface area contributed by atoms with Crippen LogP contribution in [0.1, 0.15) is 78.4 Å². The van der Waals surface area contributed by atoms with Gasteiger partial charge in [-0.3, -0.25) is 10.8 Å². The maximum absolute atomic E-state index is 7.39. The lowest BCUT2D eigenvalue weighted by Crippen LogP contribution is -2.31. The highest BCUT2D eigenvalue weighted by Gasteiger charge is 2.30. The SMILES string of the molecule is CC(C)(C)C1CCC(C(=N)N)CC1.CC(C)(C)c1ccc(C(=N)N)cc1. The maximum Gasteiger partial charge on any atom is 0.122 e. The smallest absolute Gasteiger partial charge is 0.122 e. The van der Waals surface area contributed by atoms with Gasteiger partial charge in [0.25, 0.3) is 0 Å². The predicted molar refractivity (Wildman–Crippen MR) is 113 cm³/mol. The van der Waals surface area contributed by atoms with Gasteiger partial charge in [-0.05, 0) is 48.0 Å². The van der Waals surface area contributed by atoms with Crippen molar-refractivity contribution in [3.63, 3.8) is 0 Å². The van der Waals surface area contributed by atoms with Crippen LogP contribution < -0.4 is 11.5 Å². The summed E-state index contributed by atoms with van der Waals surface area (Å²) in [4.78, 5) is 0. The van der Waals surface area contributed by atoms with E-state index in [1.807, 2.05) is 24.3 Å². The lowest BCUT2D eigenvalue weighted by Gasteiger charge is -2.36. The molecule has 4 nitrogen and oxygen atoms in total. The van der Waals surface area contributed by atoms with Crippen LogP contribution in [-0.2, 0) is 5.41 Å². The molecule has 1 aliphatic rings. The normalized spacial score (nSPS) is 20.7. The minimum Gasteiger partial charge on any atom is -0.387 e. The molecule has 0 heterocycles. The predicted octanol–water partition coefficient (Wildman–Crippen LogP) is 5.04. The summed E-state index contributed by atoms with van der Waals surface area (Å²) in [5.41, 5.74) is 13.5. The Hall–Kier alpha value is -1.84. The molecule has 0 saturated heterocycles. The summed E-state index contributed by atoms with van der Waals surface area (Å²) >= 11 is 0. The van der Waals surface area contributed by atoms with Gasteiger partial charge in [-0.25, -0.2) is 0 Å². The van der Waals surface area contributed by atoms with E-state index in [2.05, 4.69) is 41.5 Å². The Morgan fingerprint density at radius 1 is 0.846 bits per heavy atom. The number of rotatable bonds is 2. The van der Waals surface area contributed by atoms with Crippen molar-refractivity contribution < 1.29 is 0 Å².